The first-order valence-corrected chi connectivity index (χ1v) is 9.60. The number of rotatable bonds is 7. The Labute approximate surface area is 176 Å². The molecule has 152 valence electrons. The van der Waals surface area contributed by atoms with Crippen molar-refractivity contribution in [2.45, 2.75) is 6.42 Å². The second kappa shape index (κ2) is 8.87. The number of benzene rings is 2. The number of nitrogens with one attached hydrogen (secondary N) is 1. The monoisotopic (exact) mass is 425 g/mol. The lowest BCUT2D eigenvalue weighted by atomic mass is 10.1. The third-order valence-corrected chi connectivity index (χ3v) is 4.70. The Hall–Kier alpha value is -3.52. The van der Waals surface area contributed by atoms with Crippen molar-refractivity contribution >= 4 is 23.2 Å². The van der Waals surface area contributed by atoms with Gasteiger partial charge in [0.2, 0.25) is 11.8 Å². The molecule has 0 bridgehead atoms. The summed E-state index contributed by atoms with van der Waals surface area (Å²) >= 11 is 5.94. The largest absolute Gasteiger partial charge is 0.475 e. The summed E-state index contributed by atoms with van der Waals surface area (Å²) in [5.41, 5.74) is 1.65. The summed E-state index contributed by atoms with van der Waals surface area (Å²) in [5, 5.41) is 15.6. The second-order valence-corrected chi connectivity index (χ2v) is 6.81. The van der Waals surface area contributed by atoms with E-state index in [4.69, 9.17) is 16.3 Å². The molecule has 2 aromatic heterocycles. The van der Waals surface area contributed by atoms with E-state index >= 15 is 0 Å². The number of aromatic nitrogens is 4. The first-order valence-electron chi connectivity index (χ1n) is 9.22. The molecule has 0 atom stereocenters. The fraction of sp³-hybridized carbons (Fsp3) is 0.143. The fourth-order valence-corrected chi connectivity index (χ4v) is 3.12. The van der Waals surface area contributed by atoms with Gasteiger partial charge in [-0.25, -0.2) is 4.39 Å². The fourth-order valence-electron chi connectivity index (χ4n) is 2.89. The topological polar surface area (TPSA) is 81.4 Å². The van der Waals surface area contributed by atoms with Crippen LogP contribution in [0, 0.1) is 5.82 Å². The molecular weight excluding hydrogens is 409 g/mol. The summed E-state index contributed by atoms with van der Waals surface area (Å²) in [5.74, 6) is 0.116. The maximum atomic E-state index is 13.8. The quantitative estimate of drug-likeness (QED) is 0.459. The molecule has 1 N–H and O–H groups in total. The molecule has 0 unspecified atom stereocenters. The van der Waals surface area contributed by atoms with Crippen LogP contribution in [0.25, 0.3) is 17.0 Å². The van der Waals surface area contributed by atoms with Gasteiger partial charge in [0.1, 0.15) is 12.4 Å². The van der Waals surface area contributed by atoms with E-state index in [9.17, 15) is 9.18 Å². The highest BCUT2D eigenvalue weighted by molar-refractivity contribution is 6.31. The average molecular weight is 426 g/mol. The molecule has 2 aromatic carbocycles. The van der Waals surface area contributed by atoms with Gasteiger partial charge in [0.05, 0.1) is 13.0 Å². The smallest absolute Gasteiger partial charge is 0.231 e. The van der Waals surface area contributed by atoms with E-state index in [0.717, 1.165) is 5.56 Å². The molecule has 4 aromatic rings. The minimum atomic E-state index is -0.505. The number of nitrogens with zero attached hydrogens (tertiary/aromatic N) is 4. The minimum absolute atomic E-state index is 0.142. The van der Waals surface area contributed by atoms with Gasteiger partial charge in [-0.2, -0.15) is 4.52 Å². The average Bonchev–Trinajstić information content (AvgIpc) is 3.18. The van der Waals surface area contributed by atoms with Gasteiger partial charge < -0.3 is 10.1 Å². The molecule has 0 saturated carbocycles. The number of hydrogen-bond acceptors (Lipinski definition) is 5. The van der Waals surface area contributed by atoms with Crippen LogP contribution >= 0.6 is 11.6 Å². The summed E-state index contributed by atoms with van der Waals surface area (Å²) < 4.78 is 21.0. The third kappa shape index (κ3) is 4.38. The van der Waals surface area contributed by atoms with E-state index in [1.807, 2.05) is 30.3 Å². The molecule has 0 radical (unpaired) electrons. The second-order valence-electron chi connectivity index (χ2n) is 6.41. The first kappa shape index (κ1) is 19.8. The molecule has 7 nitrogen and oxygen atoms in total. The lowest BCUT2D eigenvalue weighted by molar-refractivity contribution is -0.120. The van der Waals surface area contributed by atoms with Crippen LogP contribution in [-0.4, -0.2) is 38.9 Å². The van der Waals surface area contributed by atoms with Gasteiger partial charge in [0.25, 0.3) is 0 Å². The molecule has 4 rings (SSSR count). The van der Waals surface area contributed by atoms with Crippen molar-refractivity contribution in [3.05, 3.63) is 77.1 Å². The van der Waals surface area contributed by atoms with Crippen molar-refractivity contribution in [1.29, 1.82) is 0 Å². The highest BCUT2D eigenvalue weighted by Gasteiger charge is 2.12. The van der Waals surface area contributed by atoms with Crippen LogP contribution in [0.4, 0.5) is 4.39 Å². The normalized spacial score (nSPS) is 10.9. The van der Waals surface area contributed by atoms with Crippen LogP contribution < -0.4 is 10.1 Å². The molecule has 0 aliphatic carbocycles. The van der Waals surface area contributed by atoms with Crippen molar-refractivity contribution in [3.63, 3.8) is 0 Å². The Kier molecular flexibility index (Phi) is 5.85. The van der Waals surface area contributed by atoms with Gasteiger partial charge in [-0.1, -0.05) is 48.0 Å². The number of amides is 1. The predicted molar refractivity (Wildman–Crippen MR) is 110 cm³/mol. The van der Waals surface area contributed by atoms with Crippen molar-refractivity contribution in [3.8, 4) is 17.3 Å². The lowest BCUT2D eigenvalue weighted by Crippen LogP contribution is -2.29. The Morgan fingerprint density at radius 2 is 1.90 bits per heavy atom. The molecule has 0 aliphatic rings. The standard InChI is InChI=1S/C21H17ClFN5O2/c22-16-7-4-8-17(23)15(16)13-19(29)24-11-12-30-20-10-9-18-25-26-21(28(18)27-20)14-5-2-1-3-6-14/h1-10H,11-13H2,(H,24,29). The van der Waals surface area contributed by atoms with Crippen molar-refractivity contribution < 1.29 is 13.9 Å². The molecule has 0 fully saturated rings. The van der Waals surface area contributed by atoms with Gasteiger partial charge in [-0.15, -0.1) is 15.3 Å². The Balaban J connectivity index is 1.35. The van der Waals surface area contributed by atoms with Crippen LogP contribution in [0.2, 0.25) is 5.02 Å². The van der Waals surface area contributed by atoms with Crippen molar-refractivity contribution in [1.82, 2.24) is 25.1 Å². The minimum Gasteiger partial charge on any atom is -0.475 e. The maximum Gasteiger partial charge on any atom is 0.231 e. The van der Waals surface area contributed by atoms with E-state index < -0.39 is 5.82 Å². The van der Waals surface area contributed by atoms with Gasteiger partial charge >= 0.3 is 0 Å². The summed E-state index contributed by atoms with van der Waals surface area (Å²) in [6.07, 6.45) is -0.142. The molecule has 2 heterocycles. The van der Waals surface area contributed by atoms with E-state index in [-0.39, 0.29) is 36.1 Å². The zero-order chi connectivity index (χ0) is 20.9. The number of carbonyl (C=O) groups is 1. The van der Waals surface area contributed by atoms with E-state index in [1.165, 1.54) is 12.1 Å². The molecule has 0 spiro atoms. The zero-order valence-electron chi connectivity index (χ0n) is 15.8. The Morgan fingerprint density at radius 1 is 1.07 bits per heavy atom. The van der Waals surface area contributed by atoms with Gasteiger partial charge in [-0.05, 0) is 18.2 Å². The van der Waals surface area contributed by atoms with Gasteiger partial charge in [0.15, 0.2) is 11.5 Å². The van der Waals surface area contributed by atoms with E-state index in [1.54, 1.807) is 22.7 Å². The van der Waals surface area contributed by atoms with Crippen LogP contribution in [0.15, 0.2) is 60.7 Å². The highest BCUT2D eigenvalue weighted by Crippen LogP contribution is 2.20. The summed E-state index contributed by atoms with van der Waals surface area (Å²) in [6.45, 7) is 0.427. The van der Waals surface area contributed by atoms with Gasteiger partial charge in [0, 0.05) is 22.2 Å². The van der Waals surface area contributed by atoms with Crippen molar-refractivity contribution in [2.24, 2.45) is 0 Å². The molecular formula is C21H17ClFN5O2. The number of carbonyl (C=O) groups excluding carboxylic acids is 1. The Bertz CT molecular complexity index is 1160. The summed E-state index contributed by atoms with van der Waals surface area (Å²) in [4.78, 5) is 12.0. The van der Waals surface area contributed by atoms with Gasteiger partial charge in [-0.3, -0.25) is 4.79 Å². The summed E-state index contributed by atoms with van der Waals surface area (Å²) in [6, 6.07) is 17.3. The van der Waals surface area contributed by atoms with Crippen molar-refractivity contribution in [2.75, 3.05) is 13.2 Å². The number of ether oxygens (including phenoxy) is 1. The highest BCUT2D eigenvalue weighted by atomic mass is 35.5. The number of halogens is 2. The van der Waals surface area contributed by atoms with Crippen LogP contribution in [-0.2, 0) is 11.2 Å². The van der Waals surface area contributed by atoms with E-state index in [2.05, 4.69) is 20.6 Å². The van der Waals surface area contributed by atoms with Crippen LogP contribution in [0.5, 0.6) is 5.88 Å². The molecule has 1 amide bonds. The number of hydrogen-bond donors (Lipinski definition) is 1. The Morgan fingerprint density at radius 3 is 2.70 bits per heavy atom. The zero-order valence-corrected chi connectivity index (χ0v) is 16.5. The molecule has 30 heavy (non-hydrogen) atoms. The molecule has 0 saturated heterocycles. The SMILES string of the molecule is O=C(Cc1c(F)cccc1Cl)NCCOc1ccc2nnc(-c3ccccc3)n2n1. The first-order chi connectivity index (χ1) is 14.6. The summed E-state index contributed by atoms with van der Waals surface area (Å²) in [7, 11) is 0. The maximum absolute atomic E-state index is 13.8. The molecule has 9 heteroatoms. The lowest BCUT2D eigenvalue weighted by Gasteiger charge is -2.09. The number of fused-ring (bicyclic) bond motifs is 1. The predicted octanol–water partition coefficient (Wildman–Crippen LogP) is 3.32. The third-order valence-electron chi connectivity index (χ3n) is 4.34. The van der Waals surface area contributed by atoms with Crippen LogP contribution in [0.1, 0.15) is 5.56 Å². The molecule has 0 aliphatic heterocycles. The van der Waals surface area contributed by atoms with Crippen LogP contribution in [0.3, 0.4) is 0 Å². The van der Waals surface area contributed by atoms with E-state index in [0.29, 0.717) is 17.4 Å².